The maximum absolute atomic E-state index is 12.6. The summed E-state index contributed by atoms with van der Waals surface area (Å²) < 4.78 is 11.1. The van der Waals surface area contributed by atoms with Crippen LogP contribution in [0.25, 0.3) is 11.4 Å². The molecule has 1 fully saturated rings. The molecule has 1 aliphatic heterocycles. The molecule has 1 aromatic heterocycles. The van der Waals surface area contributed by atoms with E-state index in [9.17, 15) is 4.79 Å². The molecule has 1 aliphatic rings. The summed E-state index contributed by atoms with van der Waals surface area (Å²) in [7, 11) is 0. The number of nitrogens with zero attached hydrogens (tertiary/aromatic N) is 3. The van der Waals surface area contributed by atoms with Crippen molar-refractivity contribution < 1.29 is 14.1 Å². The van der Waals surface area contributed by atoms with Gasteiger partial charge in [0.25, 0.3) is 0 Å². The number of anilines is 1. The molecular formula is C22H22ClN3O3. The van der Waals surface area contributed by atoms with Crippen molar-refractivity contribution in [3.63, 3.8) is 0 Å². The van der Waals surface area contributed by atoms with Crippen molar-refractivity contribution in [3.05, 3.63) is 58.9 Å². The van der Waals surface area contributed by atoms with E-state index in [-0.39, 0.29) is 17.9 Å². The summed E-state index contributed by atoms with van der Waals surface area (Å²) in [6.45, 7) is 6.37. The van der Waals surface area contributed by atoms with E-state index in [0.29, 0.717) is 29.7 Å². The molecule has 29 heavy (non-hydrogen) atoms. The number of rotatable bonds is 5. The van der Waals surface area contributed by atoms with E-state index in [1.807, 2.05) is 63.2 Å². The normalized spacial score (nSPS) is 16.7. The van der Waals surface area contributed by atoms with Crippen LogP contribution in [0.2, 0.25) is 5.02 Å². The molecule has 0 bridgehead atoms. The minimum Gasteiger partial charge on any atom is -0.491 e. The number of benzene rings is 2. The van der Waals surface area contributed by atoms with Crippen LogP contribution in [0.5, 0.6) is 5.75 Å². The first-order valence-corrected chi connectivity index (χ1v) is 9.96. The van der Waals surface area contributed by atoms with Gasteiger partial charge in [-0.25, -0.2) is 0 Å². The molecule has 0 N–H and O–H groups in total. The van der Waals surface area contributed by atoms with Crippen LogP contribution in [0.3, 0.4) is 0 Å². The fourth-order valence-corrected chi connectivity index (χ4v) is 3.64. The smallest absolute Gasteiger partial charge is 0.232 e. The molecule has 0 radical (unpaired) electrons. The Morgan fingerprint density at radius 2 is 1.97 bits per heavy atom. The van der Waals surface area contributed by atoms with Gasteiger partial charge in [0.1, 0.15) is 5.75 Å². The summed E-state index contributed by atoms with van der Waals surface area (Å²) in [6, 6.07) is 13.1. The van der Waals surface area contributed by atoms with E-state index >= 15 is 0 Å². The van der Waals surface area contributed by atoms with Gasteiger partial charge in [-0.1, -0.05) is 22.8 Å². The van der Waals surface area contributed by atoms with Crippen LogP contribution in [0.15, 0.2) is 47.0 Å². The van der Waals surface area contributed by atoms with E-state index in [2.05, 4.69) is 10.1 Å². The summed E-state index contributed by atoms with van der Waals surface area (Å²) in [5.41, 5.74) is 2.55. The Labute approximate surface area is 174 Å². The predicted octanol–water partition coefficient (Wildman–Crippen LogP) is 5.01. The van der Waals surface area contributed by atoms with Crippen molar-refractivity contribution in [2.75, 3.05) is 11.4 Å². The van der Waals surface area contributed by atoms with Crippen LogP contribution >= 0.6 is 11.6 Å². The van der Waals surface area contributed by atoms with Gasteiger partial charge in [-0.2, -0.15) is 4.98 Å². The Kier molecular flexibility index (Phi) is 5.28. The molecule has 2 heterocycles. The van der Waals surface area contributed by atoms with Gasteiger partial charge < -0.3 is 14.2 Å². The van der Waals surface area contributed by atoms with Crippen molar-refractivity contribution in [1.29, 1.82) is 0 Å². The number of halogens is 1. The van der Waals surface area contributed by atoms with E-state index in [1.54, 1.807) is 4.90 Å². The highest BCUT2D eigenvalue weighted by Crippen LogP contribution is 2.35. The maximum Gasteiger partial charge on any atom is 0.232 e. The van der Waals surface area contributed by atoms with Crippen LogP contribution in [0, 0.1) is 6.92 Å². The minimum atomic E-state index is -0.148. The average molecular weight is 412 g/mol. The van der Waals surface area contributed by atoms with Crippen molar-refractivity contribution in [2.45, 2.75) is 39.2 Å². The lowest BCUT2D eigenvalue weighted by Crippen LogP contribution is -2.25. The summed E-state index contributed by atoms with van der Waals surface area (Å²) in [6.07, 6.45) is 0.443. The van der Waals surface area contributed by atoms with Crippen molar-refractivity contribution in [2.24, 2.45) is 0 Å². The zero-order chi connectivity index (χ0) is 20.5. The first kappa shape index (κ1) is 19.5. The quantitative estimate of drug-likeness (QED) is 0.590. The average Bonchev–Trinajstić information content (AvgIpc) is 3.31. The van der Waals surface area contributed by atoms with Gasteiger partial charge in [-0.05, 0) is 62.7 Å². The predicted molar refractivity (Wildman–Crippen MR) is 111 cm³/mol. The number of amides is 1. The molecule has 7 heteroatoms. The lowest BCUT2D eigenvalue weighted by atomic mass is 10.1. The largest absolute Gasteiger partial charge is 0.491 e. The highest BCUT2D eigenvalue weighted by atomic mass is 35.5. The topological polar surface area (TPSA) is 68.5 Å². The monoisotopic (exact) mass is 411 g/mol. The Morgan fingerprint density at radius 3 is 2.69 bits per heavy atom. The first-order chi connectivity index (χ1) is 13.9. The summed E-state index contributed by atoms with van der Waals surface area (Å²) in [5, 5.41) is 4.74. The fourth-order valence-electron chi connectivity index (χ4n) is 3.47. The molecule has 0 saturated carbocycles. The minimum absolute atomic E-state index is 0.0234. The molecule has 6 nitrogen and oxygen atoms in total. The molecule has 1 saturated heterocycles. The standard InChI is InChI=1S/C22H22ClN3O3/c1-13(2)28-17-9-7-15(8-10-17)21-24-22(29-25-21)16-11-20(27)26(12-16)19-6-4-5-18(23)14(19)3/h4-10,13,16H,11-12H2,1-3H3. The fraction of sp³-hybridized carbons (Fsp3) is 0.318. The van der Waals surface area contributed by atoms with Crippen molar-refractivity contribution >= 4 is 23.2 Å². The third-order valence-electron chi connectivity index (χ3n) is 4.93. The van der Waals surface area contributed by atoms with Gasteiger partial charge in [-0.15, -0.1) is 0 Å². The van der Waals surface area contributed by atoms with Crippen LogP contribution in [0.4, 0.5) is 5.69 Å². The third-order valence-corrected chi connectivity index (χ3v) is 5.34. The second-order valence-electron chi connectivity index (χ2n) is 7.44. The van der Waals surface area contributed by atoms with Gasteiger partial charge in [0.15, 0.2) is 0 Å². The first-order valence-electron chi connectivity index (χ1n) is 9.58. The Bertz CT molecular complexity index is 1030. The third kappa shape index (κ3) is 3.98. The Morgan fingerprint density at radius 1 is 1.21 bits per heavy atom. The Hall–Kier alpha value is -2.86. The molecule has 1 unspecified atom stereocenters. The van der Waals surface area contributed by atoms with Crippen LogP contribution in [-0.2, 0) is 4.79 Å². The number of carbonyl (C=O) groups excluding carboxylic acids is 1. The zero-order valence-corrected chi connectivity index (χ0v) is 17.3. The zero-order valence-electron chi connectivity index (χ0n) is 16.6. The maximum atomic E-state index is 12.6. The van der Waals surface area contributed by atoms with Gasteiger partial charge in [0, 0.05) is 29.2 Å². The number of carbonyl (C=O) groups is 1. The molecular weight excluding hydrogens is 390 g/mol. The van der Waals surface area contributed by atoms with Gasteiger partial charge in [-0.3, -0.25) is 4.79 Å². The molecule has 3 aromatic rings. The molecule has 0 spiro atoms. The number of hydrogen-bond acceptors (Lipinski definition) is 5. The second kappa shape index (κ2) is 7.87. The van der Waals surface area contributed by atoms with Gasteiger partial charge in [0.05, 0.1) is 12.0 Å². The SMILES string of the molecule is Cc1c(Cl)cccc1N1CC(c2nc(-c3ccc(OC(C)C)cc3)no2)CC1=O. The number of hydrogen-bond donors (Lipinski definition) is 0. The van der Waals surface area contributed by atoms with Crippen LogP contribution < -0.4 is 9.64 Å². The highest BCUT2D eigenvalue weighted by Gasteiger charge is 2.36. The van der Waals surface area contributed by atoms with E-state index < -0.39 is 0 Å². The van der Waals surface area contributed by atoms with Gasteiger partial charge >= 0.3 is 0 Å². The molecule has 1 amide bonds. The van der Waals surface area contributed by atoms with Crippen LogP contribution in [0.1, 0.15) is 37.6 Å². The lowest BCUT2D eigenvalue weighted by molar-refractivity contribution is -0.117. The Balaban J connectivity index is 1.51. The van der Waals surface area contributed by atoms with E-state index in [0.717, 1.165) is 22.6 Å². The molecule has 0 aliphatic carbocycles. The van der Waals surface area contributed by atoms with E-state index in [1.165, 1.54) is 0 Å². The summed E-state index contributed by atoms with van der Waals surface area (Å²) in [5.74, 6) is 1.64. The molecule has 4 rings (SSSR count). The lowest BCUT2D eigenvalue weighted by Gasteiger charge is -2.19. The van der Waals surface area contributed by atoms with Crippen molar-refractivity contribution in [3.8, 4) is 17.1 Å². The molecule has 150 valence electrons. The van der Waals surface area contributed by atoms with Crippen molar-refractivity contribution in [1.82, 2.24) is 10.1 Å². The summed E-state index contributed by atoms with van der Waals surface area (Å²) in [4.78, 5) is 18.9. The van der Waals surface area contributed by atoms with E-state index in [4.69, 9.17) is 20.9 Å². The second-order valence-corrected chi connectivity index (χ2v) is 7.84. The summed E-state index contributed by atoms with van der Waals surface area (Å²) >= 11 is 6.22. The van der Waals surface area contributed by atoms with Crippen LogP contribution in [-0.4, -0.2) is 28.7 Å². The number of aromatic nitrogens is 2. The number of ether oxygens (including phenoxy) is 1. The van der Waals surface area contributed by atoms with Gasteiger partial charge in [0.2, 0.25) is 17.6 Å². The highest BCUT2D eigenvalue weighted by molar-refractivity contribution is 6.31. The molecule has 2 aromatic carbocycles. The molecule has 1 atom stereocenters.